The van der Waals surface area contributed by atoms with E-state index < -0.39 is 0 Å². The van der Waals surface area contributed by atoms with Gasteiger partial charge in [-0.2, -0.15) is 0 Å². The molecule has 2 aliphatic carbocycles. The Hall–Kier alpha value is -3.22. The lowest BCUT2D eigenvalue weighted by molar-refractivity contribution is 0.434. The van der Waals surface area contributed by atoms with Crippen LogP contribution in [0.1, 0.15) is 63.3 Å². The van der Waals surface area contributed by atoms with Crippen molar-refractivity contribution in [3.8, 4) is 33.6 Å². The SMILES string of the molecule is CC1([C@H](N)c2ncc(-c3ccc(-c4ccc(-c5cnc([C@@H](N)C6(C)CC6)[nH]5)cc4)cc3)[nH]2)CC1. The van der Waals surface area contributed by atoms with Crippen LogP contribution in [0.25, 0.3) is 33.6 Å². The summed E-state index contributed by atoms with van der Waals surface area (Å²) in [6, 6.07) is 17.1. The van der Waals surface area contributed by atoms with Crippen LogP contribution in [0.2, 0.25) is 0 Å². The van der Waals surface area contributed by atoms with Crippen molar-refractivity contribution in [2.24, 2.45) is 22.3 Å². The number of hydrogen-bond donors (Lipinski definition) is 4. The van der Waals surface area contributed by atoms with Gasteiger partial charge in [-0.3, -0.25) is 0 Å². The van der Waals surface area contributed by atoms with Gasteiger partial charge in [-0.25, -0.2) is 9.97 Å². The highest BCUT2D eigenvalue weighted by atomic mass is 15.0. The fraction of sp³-hybridized carbons (Fsp3) is 0.357. The maximum Gasteiger partial charge on any atom is 0.124 e. The Bertz CT molecular complexity index is 1200. The van der Waals surface area contributed by atoms with Crippen molar-refractivity contribution in [2.45, 2.75) is 51.6 Å². The standard InChI is InChI=1S/C28H32N6/c1-27(11-12-27)23(29)25-31-15-21(33-25)19-7-3-17(4-8-19)18-5-9-20(10-6-18)22-16-32-26(34-22)24(30)28(2)13-14-28/h3-10,15-16,23-24H,11-14,29-30H2,1-2H3,(H,31,33)(H,32,34)/t23-,24-/m1/s1. The Balaban J connectivity index is 1.17. The van der Waals surface area contributed by atoms with E-state index in [1.54, 1.807) is 0 Å². The van der Waals surface area contributed by atoms with Crippen molar-refractivity contribution in [3.05, 3.63) is 72.6 Å². The second-order valence-corrected chi connectivity index (χ2v) is 10.8. The number of aromatic nitrogens is 4. The molecule has 0 aliphatic heterocycles. The van der Waals surface area contributed by atoms with E-state index in [1.165, 1.54) is 36.8 Å². The molecule has 4 aromatic rings. The van der Waals surface area contributed by atoms with E-state index >= 15 is 0 Å². The molecule has 2 saturated carbocycles. The zero-order valence-corrected chi connectivity index (χ0v) is 19.8. The minimum absolute atomic E-state index is 0.0301. The van der Waals surface area contributed by atoms with Gasteiger partial charge in [0.15, 0.2) is 0 Å². The third-order valence-electron chi connectivity index (χ3n) is 8.08. The van der Waals surface area contributed by atoms with Crippen LogP contribution in [0.3, 0.4) is 0 Å². The van der Waals surface area contributed by atoms with Gasteiger partial charge in [0.2, 0.25) is 0 Å². The third-order valence-corrected chi connectivity index (χ3v) is 8.08. The minimum Gasteiger partial charge on any atom is -0.341 e. The van der Waals surface area contributed by atoms with Gasteiger partial charge < -0.3 is 21.4 Å². The van der Waals surface area contributed by atoms with Crippen LogP contribution >= 0.6 is 0 Å². The molecule has 0 unspecified atom stereocenters. The lowest BCUT2D eigenvalue weighted by atomic mass is 9.99. The van der Waals surface area contributed by atoms with E-state index in [2.05, 4.69) is 82.3 Å². The summed E-state index contributed by atoms with van der Waals surface area (Å²) in [6.45, 7) is 4.46. The molecule has 6 N–H and O–H groups in total. The maximum absolute atomic E-state index is 6.41. The number of rotatable bonds is 7. The van der Waals surface area contributed by atoms with Crippen molar-refractivity contribution in [1.82, 2.24) is 19.9 Å². The molecule has 34 heavy (non-hydrogen) atoms. The highest BCUT2D eigenvalue weighted by Crippen LogP contribution is 2.53. The fourth-order valence-corrected chi connectivity index (χ4v) is 4.64. The number of nitrogens with one attached hydrogen (secondary N) is 2. The Morgan fingerprint density at radius 2 is 0.941 bits per heavy atom. The van der Waals surface area contributed by atoms with Crippen LogP contribution in [0.4, 0.5) is 0 Å². The molecule has 0 bridgehead atoms. The average molecular weight is 453 g/mol. The summed E-state index contributed by atoms with van der Waals surface area (Å²) in [7, 11) is 0. The van der Waals surface area contributed by atoms with Crippen LogP contribution in [0.15, 0.2) is 60.9 Å². The molecule has 2 fully saturated rings. The second kappa shape index (κ2) is 7.65. The van der Waals surface area contributed by atoms with E-state index in [0.29, 0.717) is 0 Å². The fourth-order valence-electron chi connectivity index (χ4n) is 4.64. The maximum atomic E-state index is 6.41. The topological polar surface area (TPSA) is 109 Å². The lowest BCUT2D eigenvalue weighted by Crippen LogP contribution is -2.21. The monoisotopic (exact) mass is 452 g/mol. The molecule has 0 spiro atoms. The number of benzene rings is 2. The highest BCUT2D eigenvalue weighted by molar-refractivity contribution is 5.71. The van der Waals surface area contributed by atoms with Crippen LogP contribution in [0, 0.1) is 10.8 Å². The largest absolute Gasteiger partial charge is 0.341 e. The molecule has 6 heteroatoms. The number of nitrogens with two attached hydrogens (primary N) is 2. The van der Waals surface area contributed by atoms with Crippen molar-refractivity contribution in [1.29, 1.82) is 0 Å². The number of aromatic amines is 2. The molecule has 6 nitrogen and oxygen atoms in total. The van der Waals surface area contributed by atoms with Gasteiger partial charge in [-0.1, -0.05) is 62.4 Å². The zero-order chi connectivity index (χ0) is 23.5. The van der Waals surface area contributed by atoms with Crippen LogP contribution in [-0.2, 0) is 0 Å². The summed E-state index contributed by atoms with van der Waals surface area (Å²) in [5.41, 5.74) is 19.8. The summed E-state index contributed by atoms with van der Waals surface area (Å²) in [5.74, 6) is 1.76. The summed E-state index contributed by atoms with van der Waals surface area (Å²) in [6.07, 6.45) is 8.47. The quantitative estimate of drug-likeness (QED) is 0.287. The molecule has 174 valence electrons. The lowest BCUT2D eigenvalue weighted by Gasteiger charge is -2.15. The van der Waals surface area contributed by atoms with Gasteiger partial charge in [0.05, 0.1) is 35.9 Å². The van der Waals surface area contributed by atoms with Crippen molar-refractivity contribution in [2.75, 3.05) is 0 Å². The van der Waals surface area contributed by atoms with Gasteiger partial charge in [0, 0.05) is 0 Å². The Morgan fingerprint density at radius 3 is 1.26 bits per heavy atom. The van der Waals surface area contributed by atoms with Gasteiger partial charge in [-0.05, 0) is 58.8 Å². The molecule has 2 aliphatic rings. The highest BCUT2D eigenvalue weighted by Gasteiger charge is 2.45. The second-order valence-electron chi connectivity index (χ2n) is 10.8. The van der Waals surface area contributed by atoms with Gasteiger partial charge >= 0.3 is 0 Å². The van der Waals surface area contributed by atoms with E-state index in [0.717, 1.165) is 34.2 Å². The van der Waals surface area contributed by atoms with E-state index in [1.807, 2.05) is 12.4 Å². The van der Waals surface area contributed by atoms with Gasteiger partial charge in [-0.15, -0.1) is 0 Å². The van der Waals surface area contributed by atoms with Gasteiger partial charge in [0.25, 0.3) is 0 Å². The average Bonchev–Trinajstić information content (AvgIpc) is 3.65. The Kier molecular flexibility index (Phi) is 4.80. The molecular formula is C28H32N6. The molecule has 0 amide bonds. The van der Waals surface area contributed by atoms with Crippen LogP contribution in [-0.4, -0.2) is 19.9 Å². The number of imidazole rings is 2. The molecule has 6 rings (SSSR count). The summed E-state index contributed by atoms with van der Waals surface area (Å²) < 4.78 is 0. The summed E-state index contributed by atoms with van der Waals surface area (Å²) in [5, 5.41) is 0. The first-order chi connectivity index (χ1) is 16.3. The zero-order valence-electron chi connectivity index (χ0n) is 19.8. The van der Waals surface area contributed by atoms with E-state index in [9.17, 15) is 0 Å². The number of hydrogen-bond acceptors (Lipinski definition) is 4. The number of H-pyrrole nitrogens is 2. The Labute approximate surface area is 200 Å². The first-order valence-corrected chi connectivity index (χ1v) is 12.2. The smallest absolute Gasteiger partial charge is 0.124 e. The predicted molar refractivity (Wildman–Crippen MR) is 136 cm³/mol. The molecule has 0 radical (unpaired) electrons. The summed E-state index contributed by atoms with van der Waals surface area (Å²) >= 11 is 0. The normalized spacial score (nSPS) is 19.5. The van der Waals surface area contributed by atoms with Crippen molar-refractivity contribution in [3.63, 3.8) is 0 Å². The van der Waals surface area contributed by atoms with Crippen LogP contribution < -0.4 is 11.5 Å². The van der Waals surface area contributed by atoms with Crippen LogP contribution in [0.5, 0.6) is 0 Å². The molecule has 2 heterocycles. The molecule has 2 aromatic heterocycles. The third kappa shape index (κ3) is 3.77. The molecule has 0 saturated heterocycles. The Morgan fingerprint density at radius 1 is 0.618 bits per heavy atom. The summed E-state index contributed by atoms with van der Waals surface area (Å²) in [4.78, 5) is 16.0. The van der Waals surface area contributed by atoms with E-state index in [4.69, 9.17) is 11.5 Å². The first kappa shape index (κ1) is 21.3. The minimum atomic E-state index is -0.0301. The molecular weight excluding hydrogens is 420 g/mol. The molecule has 2 aromatic carbocycles. The van der Waals surface area contributed by atoms with Gasteiger partial charge in [0.1, 0.15) is 11.6 Å². The van der Waals surface area contributed by atoms with Crippen molar-refractivity contribution >= 4 is 0 Å². The predicted octanol–water partition coefficient (Wildman–Crippen LogP) is 5.73. The van der Waals surface area contributed by atoms with Crippen molar-refractivity contribution < 1.29 is 0 Å². The van der Waals surface area contributed by atoms with E-state index in [-0.39, 0.29) is 22.9 Å². The first-order valence-electron chi connectivity index (χ1n) is 12.2. The number of nitrogens with zero attached hydrogens (tertiary/aromatic N) is 2. The molecule has 2 atom stereocenters.